The molecular weight excluding hydrogens is 465 g/mol. The van der Waals surface area contributed by atoms with E-state index in [-0.39, 0.29) is 23.0 Å². The Bertz CT molecular complexity index is 1280. The zero-order valence-electron chi connectivity index (χ0n) is 18.5. The van der Waals surface area contributed by atoms with Crippen molar-refractivity contribution in [3.05, 3.63) is 82.4 Å². The molecule has 0 atom stereocenters. The van der Waals surface area contributed by atoms with E-state index in [0.717, 1.165) is 17.1 Å². The van der Waals surface area contributed by atoms with Crippen LogP contribution in [0.15, 0.2) is 59.5 Å². The summed E-state index contributed by atoms with van der Waals surface area (Å²) in [4.78, 5) is 15.2. The highest BCUT2D eigenvalue weighted by Gasteiger charge is 2.29. The van der Waals surface area contributed by atoms with Gasteiger partial charge in [-0.2, -0.15) is 4.31 Å². The summed E-state index contributed by atoms with van der Waals surface area (Å²) in [5.41, 5.74) is 3.10. The second-order valence-corrected chi connectivity index (χ2v) is 10.5. The van der Waals surface area contributed by atoms with E-state index in [1.54, 1.807) is 24.3 Å². The molecule has 1 saturated heterocycles. The lowest BCUT2D eigenvalue weighted by Gasteiger charge is -2.33. The Hall–Kier alpha value is -2.52. The van der Waals surface area contributed by atoms with Crippen molar-refractivity contribution < 1.29 is 17.6 Å². The lowest BCUT2D eigenvalue weighted by atomic mass is 10.1. The van der Waals surface area contributed by atoms with Gasteiger partial charge < -0.3 is 4.57 Å². The molecule has 33 heavy (non-hydrogen) atoms. The lowest BCUT2D eigenvalue weighted by Crippen LogP contribution is -2.49. The van der Waals surface area contributed by atoms with Gasteiger partial charge in [0.15, 0.2) is 5.78 Å². The Morgan fingerprint density at radius 3 is 2.30 bits per heavy atom. The molecule has 2 heterocycles. The molecule has 0 aliphatic carbocycles. The van der Waals surface area contributed by atoms with Crippen molar-refractivity contribution in [2.45, 2.75) is 18.7 Å². The number of rotatable bonds is 6. The predicted molar refractivity (Wildman–Crippen MR) is 126 cm³/mol. The maximum atomic E-state index is 13.3. The Balaban J connectivity index is 1.43. The highest BCUT2D eigenvalue weighted by molar-refractivity contribution is 7.89. The van der Waals surface area contributed by atoms with Gasteiger partial charge in [0.1, 0.15) is 5.82 Å². The van der Waals surface area contributed by atoms with E-state index in [1.807, 2.05) is 29.4 Å². The third-order valence-corrected chi connectivity index (χ3v) is 8.08. The standard InChI is InChI=1S/C24H25ClFN3O3S/c1-17-14-23(18(2)29(17)21-8-6-20(26)7-9-21)24(30)16-27-10-12-28(13-11-27)33(31,32)22-5-3-4-19(25)15-22/h3-9,14-15H,10-13,16H2,1-2H3. The molecule has 174 valence electrons. The number of Topliss-reactive ketones (excluding diaryl/α,β-unsaturated/α-hetero) is 1. The van der Waals surface area contributed by atoms with Gasteiger partial charge in [-0.1, -0.05) is 17.7 Å². The van der Waals surface area contributed by atoms with Gasteiger partial charge in [0.2, 0.25) is 10.0 Å². The summed E-state index contributed by atoms with van der Waals surface area (Å²) in [5.74, 6) is -0.336. The summed E-state index contributed by atoms with van der Waals surface area (Å²) in [6.45, 7) is 5.52. The van der Waals surface area contributed by atoms with Crippen LogP contribution in [0.2, 0.25) is 5.02 Å². The quantitative estimate of drug-likeness (QED) is 0.489. The fourth-order valence-corrected chi connectivity index (χ4v) is 5.95. The first kappa shape index (κ1) is 23.6. The average molecular weight is 490 g/mol. The molecule has 2 aromatic carbocycles. The molecule has 0 amide bonds. The average Bonchev–Trinajstić information content (AvgIpc) is 3.09. The fraction of sp³-hybridized carbons (Fsp3) is 0.292. The lowest BCUT2D eigenvalue weighted by molar-refractivity contribution is 0.0901. The summed E-state index contributed by atoms with van der Waals surface area (Å²) < 4.78 is 42.4. The van der Waals surface area contributed by atoms with Crippen LogP contribution < -0.4 is 0 Å². The van der Waals surface area contributed by atoms with E-state index in [4.69, 9.17) is 11.6 Å². The van der Waals surface area contributed by atoms with Crippen molar-refractivity contribution in [2.75, 3.05) is 32.7 Å². The Morgan fingerprint density at radius 1 is 1.00 bits per heavy atom. The zero-order valence-corrected chi connectivity index (χ0v) is 20.0. The third kappa shape index (κ3) is 4.89. The molecule has 0 bridgehead atoms. The number of carbonyl (C=O) groups is 1. The largest absolute Gasteiger partial charge is 0.318 e. The zero-order chi connectivity index (χ0) is 23.8. The number of hydrogen-bond acceptors (Lipinski definition) is 4. The van der Waals surface area contributed by atoms with E-state index in [1.165, 1.54) is 28.6 Å². The minimum Gasteiger partial charge on any atom is -0.318 e. The first-order valence-electron chi connectivity index (χ1n) is 10.6. The molecule has 1 aliphatic heterocycles. The number of halogens is 2. The van der Waals surface area contributed by atoms with E-state index >= 15 is 0 Å². The SMILES string of the molecule is Cc1cc(C(=O)CN2CCN(S(=O)(=O)c3cccc(Cl)c3)CC2)c(C)n1-c1ccc(F)cc1. The van der Waals surface area contributed by atoms with Crippen LogP contribution in [0.1, 0.15) is 21.7 Å². The van der Waals surface area contributed by atoms with Gasteiger partial charge in [-0.15, -0.1) is 0 Å². The molecule has 3 aromatic rings. The molecule has 0 radical (unpaired) electrons. The van der Waals surface area contributed by atoms with Crippen LogP contribution in [0.25, 0.3) is 5.69 Å². The smallest absolute Gasteiger partial charge is 0.243 e. The molecule has 0 spiro atoms. The third-order valence-electron chi connectivity index (χ3n) is 5.95. The molecule has 0 N–H and O–H groups in total. The number of hydrogen-bond donors (Lipinski definition) is 0. The van der Waals surface area contributed by atoms with Crippen molar-refractivity contribution in [1.82, 2.24) is 13.8 Å². The van der Waals surface area contributed by atoms with Gasteiger partial charge >= 0.3 is 0 Å². The number of aryl methyl sites for hydroxylation is 1. The molecule has 0 unspecified atom stereocenters. The monoisotopic (exact) mass is 489 g/mol. The Kier molecular flexibility index (Phi) is 6.72. The van der Waals surface area contributed by atoms with E-state index in [9.17, 15) is 17.6 Å². The van der Waals surface area contributed by atoms with Gasteiger partial charge in [-0.3, -0.25) is 9.69 Å². The van der Waals surface area contributed by atoms with Crippen molar-refractivity contribution >= 4 is 27.4 Å². The number of ketones is 1. The number of piperazine rings is 1. The highest BCUT2D eigenvalue weighted by Crippen LogP contribution is 2.23. The summed E-state index contributed by atoms with van der Waals surface area (Å²) in [6, 6.07) is 14.2. The van der Waals surface area contributed by atoms with E-state index < -0.39 is 10.0 Å². The topological polar surface area (TPSA) is 62.6 Å². The molecule has 4 rings (SSSR count). The Labute approximate surface area is 198 Å². The van der Waals surface area contributed by atoms with E-state index in [0.29, 0.717) is 36.8 Å². The maximum absolute atomic E-state index is 13.3. The summed E-state index contributed by atoms with van der Waals surface area (Å²) in [6.07, 6.45) is 0. The van der Waals surface area contributed by atoms with Crippen molar-refractivity contribution in [1.29, 1.82) is 0 Å². The van der Waals surface area contributed by atoms with Crippen LogP contribution in [-0.2, 0) is 10.0 Å². The van der Waals surface area contributed by atoms with Gasteiger partial charge in [0.05, 0.1) is 11.4 Å². The first-order chi connectivity index (χ1) is 15.7. The molecule has 6 nitrogen and oxygen atoms in total. The van der Waals surface area contributed by atoms with Gasteiger partial charge in [0.25, 0.3) is 0 Å². The highest BCUT2D eigenvalue weighted by atomic mass is 35.5. The van der Waals surface area contributed by atoms with Gasteiger partial charge in [-0.25, -0.2) is 12.8 Å². The fourth-order valence-electron chi connectivity index (χ4n) is 4.23. The number of aromatic nitrogens is 1. The minimum atomic E-state index is -3.62. The maximum Gasteiger partial charge on any atom is 0.243 e. The van der Waals surface area contributed by atoms with E-state index in [2.05, 4.69) is 0 Å². The second-order valence-electron chi connectivity index (χ2n) is 8.16. The van der Waals surface area contributed by atoms with Crippen molar-refractivity contribution in [2.24, 2.45) is 0 Å². The van der Waals surface area contributed by atoms with Crippen LogP contribution in [0, 0.1) is 19.7 Å². The van der Waals surface area contributed by atoms with Crippen LogP contribution in [-0.4, -0.2) is 60.7 Å². The Morgan fingerprint density at radius 2 is 1.67 bits per heavy atom. The van der Waals surface area contributed by atoms with Crippen LogP contribution in [0.5, 0.6) is 0 Å². The first-order valence-corrected chi connectivity index (χ1v) is 12.4. The second kappa shape index (κ2) is 9.38. The molecular formula is C24H25ClFN3O3S. The van der Waals surface area contributed by atoms with Crippen LogP contribution in [0.3, 0.4) is 0 Å². The number of nitrogens with zero attached hydrogens (tertiary/aromatic N) is 3. The molecule has 1 fully saturated rings. The van der Waals surface area contributed by atoms with Crippen LogP contribution >= 0.6 is 11.6 Å². The number of benzene rings is 2. The van der Waals surface area contributed by atoms with Crippen molar-refractivity contribution in [3.8, 4) is 5.69 Å². The van der Waals surface area contributed by atoms with Crippen molar-refractivity contribution in [3.63, 3.8) is 0 Å². The molecule has 1 aromatic heterocycles. The summed E-state index contributed by atoms with van der Waals surface area (Å²) in [5, 5.41) is 0.374. The minimum absolute atomic E-state index is 0.0254. The molecule has 9 heteroatoms. The number of carbonyl (C=O) groups excluding carboxylic acids is 1. The summed E-state index contributed by atoms with van der Waals surface area (Å²) >= 11 is 5.95. The number of sulfonamides is 1. The van der Waals surface area contributed by atoms with Gasteiger partial charge in [-0.05, 0) is 62.4 Å². The molecule has 0 saturated carbocycles. The predicted octanol–water partition coefficient (Wildman–Crippen LogP) is 4.08. The summed E-state index contributed by atoms with van der Waals surface area (Å²) in [7, 11) is -3.62. The van der Waals surface area contributed by atoms with Crippen LogP contribution in [0.4, 0.5) is 4.39 Å². The van der Waals surface area contributed by atoms with Gasteiger partial charge in [0, 0.05) is 53.8 Å². The molecule has 1 aliphatic rings. The normalized spacial score (nSPS) is 15.6.